The van der Waals surface area contributed by atoms with Crippen LogP contribution in [0.25, 0.3) is 0 Å². The summed E-state index contributed by atoms with van der Waals surface area (Å²) in [5, 5.41) is 6.18. The van der Waals surface area contributed by atoms with Gasteiger partial charge in [-0.05, 0) is 54.1 Å². The molecule has 3 aromatic rings. The third-order valence-corrected chi connectivity index (χ3v) is 4.29. The third kappa shape index (κ3) is 6.18. The van der Waals surface area contributed by atoms with Crippen molar-refractivity contribution in [1.29, 1.82) is 0 Å². The van der Waals surface area contributed by atoms with Crippen LogP contribution in [0, 0.1) is 0 Å². The number of anilines is 2. The van der Waals surface area contributed by atoms with E-state index in [4.69, 9.17) is 16.3 Å². The Kier molecular flexibility index (Phi) is 6.83. The molecule has 0 unspecified atom stereocenters. The second-order valence-corrected chi connectivity index (χ2v) is 6.94. The molecule has 0 spiro atoms. The normalized spacial score (nSPS) is 10.2. The topological polar surface area (TPSA) is 84.5 Å². The molecule has 0 radical (unpaired) electrons. The average molecular weight is 423 g/mol. The van der Waals surface area contributed by atoms with Crippen LogP contribution in [0.4, 0.5) is 11.4 Å². The number of rotatable bonds is 6. The lowest BCUT2D eigenvalue weighted by molar-refractivity contribution is -0.131. The second kappa shape index (κ2) is 9.71. The molecular weight excluding hydrogens is 404 g/mol. The maximum atomic E-state index is 12.5. The van der Waals surface area contributed by atoms with Crippen molar-refractivity contribution in [1.82, 2.24) is 0 Å². The van der Waals surface area contributed by atoms with Crippen LogP contribution >= 0.6 is 11.6 Å². The number of ether oxygens (including phenoxy) is 1. The molecule has 0 heterocycles. The Morgan fingerprint density at radius 3 is 2.23 bits per heavy atom. The summed E-state index contributed by atoms with van der Waals surface area (Å²) in [6.07, 6.45) is 0.205. The molecule has 7 heteroatoms. The van der Waals surface area contributed by atoms with Crippen molar-refractivity contribution < 1.29 is 19.1 Å². The molecule has 30 heavy (non-hydrogen) atoms. The molecule has 0 aromatic heterocycles. The quantitative estimate of drug-likeness (QED) is 0.445. The second-order valence-electron chi connectivity index (χ2n) is 6.51. The summed E-state index contributed by atoms with van der Waals surface area (Å²) in [5.74, 6) is -0.725. The van der Waals surface area contributed by atoms with Gasteiger partial charge in [0.1, 0.15) is 5.75 Å². The van der Waals surface area contributed by atoms with Gasteiger partial charge in [-0.3, -0.25) is 14.4 Å². The number of halogens is 1. The van der Waals surface area contributed by atoms with Crippen LogP contribution in [0.2, 0.25) is 5.02 Å². The summed E-state index contributed by atoms with van der Waals surface area (Å²) in [6.45, 7) is 1.29. The Hall–Kier alpha value is -3.64. The van der Waals surface area contributed by atoms with Crippen LogP contribution in [-0.2, 0) is 16.0 Å². The van der Waals surface area contributed by atoms with Gasteiger partial charge in [-0.1, -0.05) is 35.9 Å². The summed E-state index contributed by atoms with van der Waals surface area (Å²) >= 11 is 5.85. The van der Waals surface area contributed by atoms with Crippen molar-refractivity contribution in [2.45, 2.75) is 13.3 Å². The van der Waals surface area contributed by atoms with Crippen molar-refractivity contribution in [2.75, 3.05) is 10.6 Å². The lowest BCUT2D eigenvalue weighted by Gasteiger charge is -2.10. The van der Waals surface area contributed by atoms with Gasteiger partial charge < -0.3 is 15.4 Å². The Labute approximate surface area is 178 Å². The fraction of sp³-hybridized carbons (Fsp3) is 0.0870. The van der Waals surface area contributed by atoms with E-state index in [1.165, 1.54) is 13.0 Å². The Bertz CT molecular complexity index is 1080. The minimum absolute atomic E-state index is 0.185. The molecule has 0 saturated carbocycles. The molecule has 2 N–H and O–H groups in total. The van der Waals surface area contributed by atoms with E-state index < -0.39 is 5.97 Å². The zero-order chi connectivity index (χ0) is 21.5. The lowest BCUT2D eigenvalue weighted by atomic mass is 10.1. The van der Waals surface area contributed by atoms with Crippen LogP contribution in [0.1, 0.15) is 22.8 Å². The van der Waals surface area contributed by atoms with Crippen LogP contribution < -0.4 is 15.4 Å². The highest BCUT2D eigenvalue weighted by Gasteiger charge is 2.10. The van der Waals surface area contributed by atoms with Crippen molar-refractivity contribution in [3.8, 4) is 5.75 Å². The molecule has 0 atom stereocenters. The summed E-state index contributed by atoms with van der Waals surface area (Å²) < 4.78 is 5.00. The molecule has 6 nitrogen and oxygen atoms in total. The van der Waals surface area contributed by atoms with Gasteiger partial charge >= 0.3 is 5.97 Å². The first kappa shape index (κ1) is 21.1. The highest BCUT2D eigenvalue weighted by Crippen LogP contribution is 2.19. The Morgan fingerprint density at radius 2 is 1.53 bits per heavy atom. The predicted octanol–water partition coefficient (Wildman–Crippen LogP) is 4.70. The molecule has 2 amide bonds. The van der Waals surface area contributed by atoms with E-state index >= 15 is 0 Å². The SMILES string of the molecule is CC(=O)Oc1cccc(C(=O)Nc2cccc(NC(=O)Cc3ccc(Cl)cc3)c2)c1. The van der Waals surface area contributed by atoms with Crippen molar-refractivity contribution in [3.05, 3.63) is 88.9 Å². The molecule has 3 aromatic carbocycles. The van der Waals surface area contributed by atoms with E-state index in [0.717, 1.165) is 5.56 Å². The number of amides is 2. The predicted molar refractivity (Wildman–Crippen MR) is 116 cm³/mol. The number of esters is 1. The van der Waals surface area contributed by atoms with Crippen LogP contribution in [0.5, 0.6) is 5.75 Å². The zero-order valence-corrected chi connectivity index (χ0v) is 16.9. The molecular formula is C23H19ClN2O4. The van der Waals surface area contributed by atoms with E-state index in [1.807, 2.05) is 0 Å². The van der Waals surface area contributed by atoms with Crippen LogP contribution in [-0.4, -0.2) is 17.8 Å². The minimum Gasteiger partial charge on any atom is -0.427 e. The van der Waals surface area contributed by atoms with Crippen molar-refractivity contribution in [3.63, 3.8) is 0 Å². The summed E-state index contributed by atoms with van der Waals surface area (Å²) in [4.78, 5) is 35.9. The lowest BCUT2D eigenvalue weighted by Crippen LogP contribution is -2.15. The van der Waals surface area contributed by atoms with E-state index in [2.05, 4.69) is 10.6 Å². The maximum Gasteiger partial charge on any atom is 0.308 e. The molecule has 0 aliphatic carbocycles. The van der Waals surface area contributed by atoms with Crippen LogP contribution in [0.15, 0.2) is 72.8 Å². The average Bonchev–Trinajstić information content (AvgIpc) is 2.69. The van der Waals surface area contributed by atoms with Crippen molar-refractivity contribution >= 4 is 40.8 Å². The number of benzene rings is 3. The molecule has 0 aliphatic rings. The Morgan fingerprint density at radius 1 is 0.867 bits per heavy atom. The number of hydrogen-bond acceptors (Lipinski definition) is 4. The largest absolute Gasteiger partial charge is 0.427 e. The van der Waals surface area contributed by atoms with Gasteiger partial charge in [0, 0.05) is 28.9 Å². The van der Waals surface area contributed by atoms with Gasteiger partial charge in [0.15, 0.2) is 0 Å². The Balaban J connectivity index is 1.63. The minimum atomic E-state index is -0.463. The number of nitrogens with one attached hydrogen (secondary N) is 2. The van der Waals surface area contributed by atoms with E-state index in [1.54, 1.807) is 66.7 Å². The smallest absolute Gasteiger partial charge is 0.308 e. The van der Waals surface area contributed by atoms with Crippen molar-refractivity contribution in [2.24, 2.45) is 0 Å². The highest BCUT2D eigenvalue weighted by molar-refractivity contribution is 6.30. The molecule has 0 saturated heterocycles. The molecule has 3 rings (SSSR count). The third-order valence-electron chi connectivity index (χ3n) is 4.04. The number of carbonyl (C=O) groups is 3. The molecule has 0 bridgehead atoms. The summed E-state index contributed by atoms with van der Waals surface area (Å²) in [6, 6.07) is 20.2. The number of hydrogen-bond donors (Lipinski definition) is 2. The fourth-order valence-electron chi connectivity index (χ4n) is 2.74. The first-order chi connectivity index (χ1) is 14.4. The first-order valence-corrected chi connectivity index (χ1v) is 9.51. The highest BCUT2D eigenvalue weighted by atomic mass is 35.5. The summed E-state index contributed by atoms with van der Waals surface area (Å²) in [5.41, 5.74) is 2.25. The van der Waals surface area contributed by atoms with Gasteiger partial charge in [-0.15, -0.1) is 0 Å². The zero-order valence-electron chi connectivity index (χ0n) is 16.1. The van der Waals surface area contributed by atoms with Gasteiger partial charge in [0.25, 0.3) is 5.91 Å². The standard InChI is InChI=1S/C23H19ClN2O4/c1-15(27)30-21-7-2-4-17(13-21)23(29)26-20-6-3-5-19(14-20)25-22(28)12-16-8-10-18(24)11-9-16/h2-11,13-14H,12H2,1H3,(H,25,28)(H,26,29). The van der Waals surface area contributed by atoms with Gasteiger partial charge in [0.2, 0.25) is 5.91 Å². The van der Waals surface area contributed by atoms with E-state index in [-0.39, 0.29) is 18.2 Å². The molecule has 152 valence electrons. The van der Waals surface area contributed by atoms with Gasteiger partial charge in [0.05, 0.1) is 6.42 Å². The first-order valence-electron chi connectivity index (χ1n) is 9.13. The van der Waals surface area contributed by atoms with Gasteiger partial charge in [-0.2, -0.15) is 0 Å². The monoisotopic (exact) mass is 422 g/mol. The van der Waals surface area contributed by atoms with Crippen LogP contribution in [0.3, 0.4) is 0 Å². The van der Waals surface area contributed by atoms with E-state index in [9.17, 15) is 14.4 Å². The number of carbonyl (C=O) groups excluding carboxylic acids is 3. The maximum absolute atomic E-state index is 12.5. The molecule has 0 fully saturated rings. The summed E-state index contributed by atoms with van der Waals surface area (Å²) in [7, 11) is 0. The van der Waals surface area contributed by atoms with Gasteiger partial charge in [-0.25, -0.2) is 0 Å². The van der Waals surface area contributed by atoms with E-state index in [0.29, 0.717) is 27.7 Å². The molecule has 0 aliphatic heterocycles. The fourth-order valence-corrected chi connectivity index (χ4v) is 2.86.